The van der Waals surface area contributed by atoms with E-state index in [4.69, 9.17) is 16.7 Å². The molecule has 3 nitrogen and oxygen atoms in total. The Balaban J connectivity index is 3.44. The maximum atomic E-state index is 8.59. The van der Waals surface area contributed by atoms with Gasteiger partial charge in [0.25, 0.3) is 0 Å². The summed E-state index contributed by atoms with van der Waals surface area (Å²) in [7, 11) is 0. The quantitative estimate of drug-likeness (QED) is 0.396. The van der Waals surface area contributed by atoms with Gasteiger partial charge in [0.05, 0.1) is 16.9 Å². The van der Waals surface area contributed by atoms with Gasteiger partial charge in [-0.15, -0.1) is 12.6 Å². The number of rotatable bonds is 0. The molecule has 0 amide bonds. The van der Waals surface area contributed by atoms with Crippen LogP contribution >= 0.6 is 12.6 Å². The zero-order valence-corrected chi connectivity index (χ0v) is 6.60. The monoisotopic (exact) mass is 165 g/mol. The number of thiol groups is 1. The normalized spacial score (nSPS) is 9.09. The number of benzene rings is 1. The lowest BCUT2D eigenvalue weighted by molar-refractivity contribution is 1.38. The summed E-state index contributed by atoms with van der Waals surface area (Å²) in [4.78, 5) is 0.555. The van der Waals surface area contributed by atoms with Gasteiger partial charge in [0.1, 0.15) is 6.07 Å². The molecule has 4 N–H and O–H groups in total. The molecule has 0 radical (unpaired) electrons. The van der Waals surface area contributed by atoms with Crippen LogP contribution in [0, 0.1) is 11.3 Å². The Morgan fingerprint density at radius 1 is 1.36 bits per heavy atom. The van der Waals surface area contributed by atoms with Crippen molar-refractivity contribution in [2.45, 2.75) is 4.90 Å². The Morgan fingerprint density at radius 3 is 2.45 bits per heavy atom. The fourth-order valence-electron chi connectivity index (χ4n) is 0.742. The molecule has 56 valence electrons. The lowest BCUT2D eigenvalue weighted by atomic mass is 10.2. The second-order valence-corrected chi connectivity index (χ2v) is 2.56. The summed E-state index contributed by atoms with van der Waals surface area (Å²) in [6.07, 6.45) is 0. The lowest BCUT2D eigenvalue weighted by Crippen LogP contribution is -1.97. The zero-order valence-electron chi connectivity index (χ0n) is 5.70. The Kier molecular flexibility index (Phi) is 1.92. The summed E-state index contributed by atoms with van der Waals surface area (Å²) >= 11 is 4.04. The smallest absolute Gasteiger partial charge is 0.103 e. The Labute approximate surface area is 70.0 Å². The highest BCUT2D eigenvalue weighted by molar-refractivity contribution is 7.80. The van der Waals surface area contributed by atoms with E-state index in [1.807, 2.05) is 6.07 Å². The molecular formula is C7H7N3S. The summed E-state index contributed by atoms with van der Waals surface area (Å²) < 4.78 is 0. The van der Waals surface area contributed by atoms with Crippen LogP contribution in [0.15, 0.2) is 17.0 Å². The van der Waals surface area contributed by atoms with Gasteiger partial charge in [-0.25, -0.2) is 0 Å². The first-order valence-electron chi connectivity index (χ1n) is 2.94. The summed E-state index contributed by atoms with van der Waals surface area (Å²) in [5.74, 6) is 0. The standard InChI is InChI=1S/C7H7N3S/c8-3-4-6(11)2-1-5(9)7(4)10/h1-2,11H,9-10H2. The first-order chi connectivity index (χ1) is 5.16. The fourth-order valence-corrected chi connectivity index (χ4v) is 0.987. The van der Waals surface area contributed by atoms with Crippen LogP contribution in [-0.4, -0.2) is 0 Å². The van der Waals surface area contributed by atoms with Crippen molar-refractivity contribution in [1.29, 1.82) is 5.26 Å². The van der Waals surface area contributed by atoms with E-state index < -0.39 is 0 Å². The number of anilines is 2. The van der Waals surface area contributed by atoms with Gasteiger partial charge in [0.2, 0.25) is 0 Å². The third-order valence-electron chi connectivity index (χ3n) is 1.37. The minimum atomic E-state index is 0.306. The molecule has 0 saturated carbocycles. The number of nitriles is 1. The maximum absolute atomic E-state index is 8.59. The Morgan fingerprint density at radius 2 is 2.00 bits per heavy atom. The van der Waals surface area contributed by atoms with E-state index in [-0.39, 0.29) is 0 Å². The van der Waals surface area contributed by atoms with E-state index in [0.717, 1.165) is 0 Å². The third kappa shape index (κ3) is 1.23. The van der Waals surface area contributed by atoms with Crippen molar-refractivity contribution in [2.75, 3.05) is 11.5 Å². The van der Waals surface area contributed by atoms with Gasteiger partial charge in [-0.05, 0) is 12.1 Å². The summed E-state index contributed by atoms with van der Waals surface area (Å²) in [5.41, 5.74) is 12.0. The topological polar surface area (TPSA) is 75.8 Å². The van der Waals surface area contributed by atoms with Crippen molar-refractivity contribution < 1.29 is 0 Å². The molecule has 0 bridgehead atoms. The highest BCUT2D eigenvalue weighted by Crippen LogP contribution is 2.24. The van der Waals surface area contributed by atoms with Crippen LogP contribution in [0.1, 0.15) is 5.56 Å². The van der Waals surface area contributed by atoms with Crippen LogP contribution in [0.25, 0.3) is 0 Å². The average molecular weight is 165 g/mol. The predicted octanol–water partition coefficient (Wildman–Crippen LogP) is 1.01. The molecule has 0 heterocycles. The molecule has 1 aromatic carbocycles. The number of hydrogen-bond acceptors (Lipinski definition) is 4. The van der Waals surface area contributed by atoms with Crippen LogP contribution in [-0.2, 0) is 0 Å². The minimum Gasteiger partial charge on any atom is -0.397 e. The molecule has 0 atom stereocenters. The molecule has 1 aromatic rings. The first kappa shape index (κ1) is 7.76. The van der Waals surface area contributed by atoms with Gasteiger partial charge in [-0.3, -0.25) is 0 Å². The molecule has 0 fully saturated rings. The van der Waals surface area contributed by atoms with E-state index in [9.17, 15) is 0 Å². The molecule has 0 unspecified atom stereocenters. The van der Waals surface area contributed by atoms with Crippen LogP contribution in [0.2, 0.25) is 0 Å². The molecule has 0 saturated heterocycles. The molecule has 11 heavy (non-hydrogen) atoms. The number of nitrogen functional groups attached to an aromatic ring is 2. The van der Waals surface area contributed by atoms with Gasteiger partial charge >= 0.3 is 0 Å². The van der Waals surface area contributed by atoms with Gasteiger partial charge < -0.3 is 11.5 Å². The van der Waals surface area contributed by atoms with Gasteiger partial charge in [-0.2, -0.15) is 5.26 Å². The minimum absolute atomic E-state index is 0.306. The van der Waals surface area contributed by atoms with Crippen molar-refractivity contribution in [1.82, 2.24) is 0 Å². The largest absolute Gasteiger partial charge is 0.397 e. The van der Waals surface area contributed by atoms with E-state index in [1.165, 1.54) is 0 Å². The molecule has 0 aliphatic rings. The molecule has 0 aliphatic heterocycles. The summed E-state index contributed by atoms with van der Waals surface area (Å²) in [6.45, 7) is 0. The molecule has 1 rings (SSSR count). The predicted molar refractivity (Wildman–Crippen MR) is 47.2 cm³/mol. The second kappa shape index (κ2) is 2.72. The third-order valence-corrected chi connectivity index (χ3v) is 1.74. The molecule has 0 aromatic heterocycles. The summed E-state index contributed by atoms with van der Waals surface area (Å²) in [5, 5.41) is 8.59. The van der Waals surface area contributed by atoms with E-state index >= 15 is 0 Å². The van der Waals surface area contributed by atoms with E-state index in [1.54, 1.807) is 12.1 Å². The van der Waals surface area contributed by atoms with Gasteiger partial charge in [0.15, 0.2) is 0 Å². The van der Waals surface area contributed by atoms with Gasteiger partial charge in [0, 0.05) is 4.90 Å². The van der Waals surface area contributed by atoms with E-state index in [0.29, 0.717) is 21.8 Å². The average Bonchev–Trinajstić information content (AvgIpc) is 1.99. The van der Waals surface area contributed by atoms with Crippen molar-refractivity contribution in [2.24, 2.45) is 0 Å². The molecular weight excluding hydrogens is 158 g/mol. The second-order valence-electron chi connectivity index (χ2n) is 2.07. The van der Waals surface area contributed by atoms with Crippen molar-refractivity contribution >= 4 is 24.0 Å². The number of hydrogen-bond donors (Lipinski definition) is 3. The number of nitrogens with zero attached hydrogens (tertiary/aromatic N) is 1. The maximum Gasteiger partial charge on any atom is 0.103 e. The Bertz CT molecular complexity index is 327. The molecule has 0 spiro atoms. The first-order valence-corrected chi connectivity index (χ1v) is 3.38. The Hall–Kier alpha value is -1.34. The summed E-state index contributed by atoms with van der Waals surface area (Å²) in [6, 6.07) is 5.19. The van der Waals surface area contributed by atoms with Crippen LogP contribution in [0.4, 0.5) is 11.4 Å². The zero-order chi connectivity index (χ0) is 8.43. The van der Waals surface area contributed by atoms with Crippen molar-refractivity contribution in [3.8, 4) is 6.07 Å². The van der Waals surface area contributed by atoms with Crippen LogP contribution in [0.3, 0.4) is 0 Å². The SMILES string of the molecule is N#Cc1c(S)ccc(N)c1N. The van der Waals surface area contributed by atoms with Crippen molar-refractivity contribution in [3.05, 3.63) is 17.7 Å². The van der Waals surface area contributed by atoms with Crippen LogP contribution < -0.4 is 11.5 Å². The fraction of sp³-hybridized carbons (Fsp3) is 0. The molecule has 4 heteroatoms. The van der Waals surface area contributed by atoms with Gasteiger partial charge in [-0.1, -0.05) is 0 Å². The van der Waals surface area contributed by atoms with Crippen molar-refractivity contribution in [3.63, 3.8) is 0 Å². The highest BCUT2D eigenvalue weighted by Gasteiger charge is 2.04. The number of nitrogens with two attached hydrogens (primary N) is 2. The van der Waals surface area contributed by atoms with Crippen LogP contribution in [0.5, 0.6) is 0 Å². The van der Waals surface area contributed by atoms with E-state index in [2.05, 4.69) is 12.6 Å². The lowest BCUT2D eigenvalue weighted by Gasteiger charge is -2.02. The molecule has 0 aliphatic carbocycles. The highest BCUT2D eigenvalue weighted by atomic mass is 32.1.